The van der Waals surface area contributed by atoms with Crippen LogP contribution >= 0.6 is 0 Å². The Hall–Kier alpha value is -2.78. The van der Waals surface area contributed by atoms with Crippen molar-refractivity contribution >= 4 is 16.1 Å². The lowest BCUT2D eigenvalue weighted by Crippen LogP contribution is -2.08. The lowest BCUT2D eigenvalue weighted by Gasteiger charge is -2.08. The Morgan fingerprint density at radius 1 is 0.909 bits per heavy atom. The number of carbonyl (C=O) groups excluding carboxylic acids is 1. The molecule has 0 aliphatic heterocycles. The zero-order valence-electron chi connectivity index (χ0n) is 10.8. The molecule has 0 heterocycles. The van der Waals surface area contributed by atoms with Crippen molar-refractivity contribution in [3.8, 4) is 23.0 Å². The van der Waals surface area contributed by atoms with Crippen LogP contribution in [-0.4, -0.2) is 34.3 Å². The maximum atomic E-state index is 11.8. The molecular weight excluding hydrogens is 316 g/mol. The van der Waals surface area contributed by atoms with Crippen molar-refractivity contribution in [2.45, 2.75) is 4.90 Å². The van der Waals surface area contributed by atoms with Crippen LogP contribution in [0.1, 0.15) is 10.4 Å². The van der Waals surface area contributed by atoms with Crippen molar-refractivity contribution in [2.75, 3.05) is 0 Å². The number of hydrogen-bond acceptors (Lipinski definition) is 7. The summed E-state index contributed by atoms with van der Waals surface area (Å²) < 4.78 is 35.4. The van der Waals surface area contributed by atoms with Gasteiger partial charge in [-0.25, -0.2) is 4.79 Å². The van der Waals surface area contributed by atoms with Crippen molar-refractivity contribution in [1.82, 2.24) is 0 Å². The van der Waals surface area contributed by atoms with E-state index in [-0.39, 0.29) is 11.3 Å². The predicted molar refractivity (Wildman–Crippen MR) is 72.7 cm³/mol. The molecule has 116 valence electrons. The zero-order chi connectivity index (χ0) is 16.5. The molecule has 2 aromatic carbocycles. The Morgan fingerprint density at radius 3 is 2.14 bits per heavy atom. The maximum Gasteiger partial charge on any atom is 0.343 e. The van der Waals surface area contributed by atoms with E-state index in [4.69, 9.17) is 14.4 Å². The normalized spacial score (nSPS) is 11.1. The molecular formula is C13H10O8S. The van der Waals surface area contributed by atoms with Crippen molar-refractivity contribution < 1.29 is 37.8 Å². The standard InChI is InChI=1S/C13H10O8S/c14-9-3-1-7(5-10(9)15)13(17)21-12-4-2-8(6-11(12)16)22(18,19)20/h1-6,14-16H,(H,18,19,20). The van der Waals surface area contributed by atoms with E-state index in [2.05, 4.69) is 0 Å². The van der Waals surface area contributed by atoms with E-state index in [1.165, 1.54) is 6.07 Å². The van der Waals surface area contributed by atoms with Gasteiger partial charge in [0.15, 0.2) is 23.0 Å². The summed E-state index contributed by atoms with van der Waals surface area (Å²) in [5.41, 5.74) is -0.103. The highest BCUT2D eigenvalue weighted by Crippen LogP contribution is 2.30. The van der Waals surface area contributed by atoms with Gasteiger partial charge < -0.3 is 20.1 Å². The molecule has 0 atom stereocenters. The van der Waals surface area contributed by atoms with Gasteiger partial charge in [-0.2, -0.15) is 8.42 Å². The number of carbonyl (C=O) groups is 1. The minimum Gasteiger partial charge on any atom is -0.504 e. The van der Waals surface area contributed by atoms with Gasteiger partial charge in [-0.3, -0.25) is 4.55 Å². The van der Waals surface area contributed by atoms with Crippen LogP contribution in [0, 0.1) is 0 Å². The second kappa shape index (κ2) is 5.54. The Balaban J connectivity index is 2.27. The van der Waals surface area contributed by atoms with Crippen LogP contribution < -0.4 is 4.74 Å². The number of phenolic OH excluding ortho intramolecular Hbond substituents is 3. The van der Waals surface area contributed by atoms with Crippen molar-refractivity contribution in [3.63, 3.8) is 0 Å². The number of phenols is 3. The quantitative estimate of drug-likeness (QED) is 0.286. The molecule has 4 N–H and O–H groups in total. The van der Waals surface area contributed by atoms with Gasteiger partial charge in [0.2, 0.25) is 0 Å². The van der Waals surface area contributed by atoms with Gasteiger partial charge in [0, 0.05) is 6.07 Å². The van der Waals surface area contributed by atoms with Gasteiger partial charge in [0.25, 0.3) is 10.1 Å². The third-order valence-electron chi connectivity index (χ3n) is 2.64. The number of esters is 1. The fraction of sp³-hybridized carbons (Fsp3) is 0. The van der Waals surface area contributed by atoms with Crippen LogP contribution in [0.4, 0.5) is 0 Å². The zero-order valence-corrected chi connectivity index (χ0v) is 11.6. The summed E-state index contributed by atoms with van der Waals surface area (Å²) in [6, 6.07) is 5.85. The minimum absolute atomic E-state index is 0.103. The summed E-state index contributed by atoms with van der Waals surface area (Å²) in [5, 5.41) is 28.0. The second-order valence-corrected chi connectivity index (χ2v) is 5.62. The largest absolute Gasteiger partial charge is 0.504 e. The van der Waals surface area contributed by atoms with Crippen LogP contribution in [0.25, 0.3) is 0 Å². The molecule has 2 aromatic rings. The molecule has 0 aliphatic rings. The monoisotopic (exact) mass is 326 g/mol. The molecule has 0 saturated carbocycles. The summed E-state index contributed by atoms with van der Waals surface area (Å²) >= 11 is 0. The Kier molecular flexibility index (Phi) is 3.93. The highest BCUT2D eigenvalue weighted by Gasteiger charge is 2.17. The highest BCUT2D eigenvalue weighted by atomic mass is 32.2. The molecule has 0 bridgehead atoms. The van der Waals surface area contributed by atoms with E-state index in [9.17, 15) is 23.4 Å². The number of ether oxygens (including phenoxy) is 1. The topological polar surface area (TPSA) is 141 Å². The SMILES string of the molecule is O=C(Oc1ccc(S(=O)(=O)O)cc1O)c1ccc(O)c(O)c1. The Bertz CT molecular complexity index is 841. The van der Waals surface area contributed by atoms with Gasteiger partial charge in [0.05, 0.1) is 10.5 Å². The van der Waals surface area contributed by atoms with Gasteiger partial charge in [0.1, 0.15) is 0 Å². The fourth-order valence-corrected chi connectivity index (χ4v) is 2.05. The summed E-state index contributed by atoms with van der Waals surface area (Å²) in [6.45, 7) is 0. The van der Waals surface area contributed by atoms with E-state index in [0.29, 0.717) is 6.07 Å². The minimum atomic E-state index is -4.49. The van der Waals surface area contributed by atoms with Crippen LogP contribution in [0.3, 0.4) is 0 Å². The summed E-state index contributed by atoms with van der Waals surface area (Å²) in [6.07, 6.45) is 0. The molecule has 9 heteroatoms. The van der Waals surface area contributed by atoms with Crippen molar-refractivity contribution in [1.29, 1.82) is 0 Å². The Morgan fingerprint density at radius 2 is 1.59 bits per heavy atom. The van der Waals surface area contributed by atoms with Crippen LogP contribution in [0.15, 0.2) is 41.3 Å². The highest BCUT2D eigenvalue weighted by molar-refractivity contribution is 7.85. The predicted octanol–water partition coefficient (Wildman–Crippen LogP) is 1.27. The molecule has 0 aliphatic carbocycles. The molecule has 0 fully saturated rings. The molecule has 22 heavy (non-hydrogen) atoms. The lowest BCUT2D eigenvalue weighted by molar-refractivity contribution is 0.0729. The average Bonchev–Trinajstić information content (AvgIpc) is 2.42. The number of hydrogen-bond donors (Lipinski definition) is 4. The van der Waals surface area contributed by atoms with E-state index in [0.717, 1.165) is 24.3 Å². The van der Waals surface area contributed by atoms with Crippen LogP contribution in [0.2, 0.25) is 0 Å². The molecule has 0 spiro atoms. The van der Waals surface area contributed by atoms with Crippen LogP contribution in [-0.2, 0) is 10.1 Å². The third-order valence-corrected chi connectivity index (χ3v) is 3.49. The molecule has 8 nitrogen and oxygen atoms in total. The number of rotatable bonds is 3. The smallest absolute Gasteiger partial charge is 0.343 e. The third kappa shape index (κ3) is 3.27. The van der Waals surface area contributed by atoms with Gasteiger partial charge in [-0.1, -0.05) is 0 Å². The maximum absolute atomic E-state index is 11.8. The average molecular weight is 326 g/mol. The van der Waals surface area contributed by atoms with E-state index in [1.54, 1.807) is 0 Å². The number of benzene rings is 2. The Labute approximate surface area is 124 Å². The van der Waals surface area contributed by atoms with Gasteiger partial charge >= 0.3 is 5.97 Å². The summed E-state index contributed by atoms with van der Waals surface area (Å²) in [5.74, 6) is -2.92. The molecule has 0 amide bonds. The van der Waals surface area contributed by atoms with Crippen molar-refractivity contribution in [3.05, 3.63) is 42.0 Å². The van der Waals surface area contributed by atoms with Gasteiger partial charge in [-0.05, 0) is 30.3 Å². The number of aromatic hydroxyl groups is 3. The van der Waals surface area contributed by atoms with E-state index >= 15 is 0 Å². The van der Waals surface area contributed by atoms with E-state index in [1.807, 2.05) is 0 Å². The lowest BCUT2D eigenvalue weighted by atomic mass is 10.2. The van der Waals surface area contributed by atoms with Crippen LogP contribution in [0.5, 0.6) is 23.0 Å². The molecule has 0 radical (unpaired) electrons. The van der Waals surface area contributed by atoms with Gasteiger partial charge in [-0.15, -0.1) is 0 Å². The van der Waals surface area contributed by atoms with E-state index < -0.39 is 38.2 Å². The molecule has 0 saturated heterocycles. The van der Waals surface area contributed by atoms with Crippen molar-refractivity contribution in [2.24, 2.45) is 0 Å². The molecule has 2 rings (SSSR count). The summed E-state index contributed by atoms with van der Waals surface area (Å²) in [7, 11) is -4.49. The first-order chi connectivity index (χ1) is 10.2. The first-order valence-electron chi connectivity index (χ1n) is 5.73. The first-order valence-corrected chi connectivity index (χ1v) is 7.17. The summed E-state index contributed by atoms with van der Waals surface area (Å²) in [4.78, 5) is 11.3. The molecule has 0 unspecified atom stereocenters. The fourth-order valence-electron chi connectivity index (χ4n) is 1.55. The first kappa shape index (κ1) is 15.6. The second-order valence-electron chi connectivity index (χ2n) is 4.20. The molecule has 0 aromatic heterocycles.